The Kier molecular flexibility index (Phi) is 10.1. The van der Waals surface area contributed by atoms with Gasteiger partial charge in [-0.15, -0.1) is 31.4 Å². The molecule has 120 valence electrons. The normalized spacial score (nSPS) is 16.3. The van der Waals surface area contributed by atoms with Crippen LogP contribution >= 0.6 is 36.4 Å². The van der Waals surface area contributed by atoms with Gasteiger partial charge in [-0.1, -0.05) is 23.7 Å². The van der Waals surface area contributed by atoms with E-state index in [-0.39, 0.29) is 24.8 Å². The Labute approximate surface area is 144 Å². The molecule has 0 unspecified atom stereocenters. The third kappa shape index (κ3) is 5.35. The van der Waals surface area contributed by atoms with E-state index in [2.05, 4.69) is 22.9 Å². The van der Waals surface area contributed by atoms with E-state index in [1.165, 1.54) is 5.56 Å². The van der Waals surface area contributed by atoms with Crippen molar-refractivity contribution in [2.75, 3.05) is 33.3 Å². The summed E-state index contributed by atoms with van der Waals surface area (Å²) in [6.07, 6.45) is 2.92. The number of hydrogen-bond donors (Lipinski definition) is 1. The van der Waals surface area contributed by atoms with Crippen molar-refractivity contribution < 1.29 is 4.74 Å². The highest BCUT2D eigenvalue weighted by Gasteiger charge is 2.21. The summed E-state index contributed by atoms with van der Waals surface area (Å²) in [4.78, 5) is 2.49. The number of benzene rings is 1. The standard InChI is InChI=1S/C15H21ClN2O.2ClH/c1-3-4-14(18-9-7-17-8-10-18)12-5-6-13(16)15(11-12)19-2;;/h3,5-6,11,14,17H,1,4,7-10H2,2H3;2*1H/t14-;;/m0../s1. The lowest BCUT2D eigenvalue weighted by Gasteiger charge is -2.35. The van der Waals surface area contributed by atoms with Crippen LogP contribution in [0.2, 0.25) is 5.02 Å². The SMILES string of the molecule is C=CC[C@@H](c1ccc(Cl)c(OC)c1)N1CCNCC1.Cl.Cl. The maximum Gasteiger partial charge on any atom is 0.137 e. The van der Waals surface area contributed by atoms with E-state index in [1.54, 1.807) is 7.11 Å². The number of ether oxygens (including phenoxy) is 1. The van der Waals surface area contributed by atoms with E-state index >= 15 is 0 Å². The minimum Gasteiger partial charge on any atom is -0.495 e. The molecular weight excluding hydrogens is 331 g/mol. The summed E-state index contributed by atoms with van der Waals surface area (Å²) >= 11 is 6.10. The maximum atomic E-state index is 6.10. The van der Waals surface area contributed by atoms with Crippen LogP contribution < -0.4 is 10.1 Å². The molecule has 1 aromatic rings. The number of rotatable bonds is 5. The van der Waals surface area contributed by atoms with Crippen molar-refractivity contribution in [3.63, 3.8) is 0 Å². The fraction of sp³-hybridized carbons (Fsp3) is 0.467. The molecule has 1 aliphatic rings. The van der Waals surface area contributed by atoms with Crippen molar-refractivity contribution in [3.05, 3.63) is 41.4 Å². The zero-order valence-corrected chi connectivity index (χ0v) is 14.6. The van der Waals surface area contributed by atoms with Crippen molar-refractivity contribution in [2.45, 2.75) is 12.5 Å². The molecule has 1 heterocycles. The number of nitrogens with zero attached hydrogens (tertiary/aromatic N) is 1. The van der Waals surface area contributed by atoms with Crippen molar-refractivity contribution >= 4 is 36.4 Å². The summed E-state index contributed by atoms with van der Waals surface area (Å²) < 4.78 is 5.31. The van der Waals surface area contributed by atoms with Gasteiger partial charge in [0, 0.05) is 32.2 Å². The largest absolute Gasteiger partial charge is 0.495 e. The molecule has 0 aromatic heterocycles. The van der Waals surface area contributed by atoms with Gasteiger partial charge in [-0.3, -0.25) is 4.90 Å². The summed E-state index contributed by atoms with van der Waals surface area (Å²) in [6, 6.07) is 6.39. The van der Waals surface area contributed by atoms with Crippen molar-refractivity contribution in [2.24, 2.45) is 0 Å². The van der Waals surface area contributed by atoms with Crippen LogP contribution in [0.15, 0.2) is 30.9 Å². The van der Waals surface area contributed by atoms with Gasteiger partial charge in [0.05, 0.1) is 12.1 Å². The zero-order chi connectivity index (χ0) is 13.7. The first kappa shape index (κ1) is 20.6. The van der Waals surface area contributed by atoms with E-state index in [0.717, 1.165) is 38.3 Å². The highest BCUT2D eigenvalue weighted by molar-refractivity contribution is 6.32. The topological polar surface area (TPSA) is 24.5 Å². The average Bonchev–Trinajstić information content (AvgIpc) is 2.46. The number of piperazine rings is 1. The molecule has 0 saturated carbocycles. The minimum absolute atomic E-state index is 0. The number of halogens is 3. The number of methoxy groups -OCH3 is 1. The van der Waals surface area contributed by atoms with Crippen molar-refractivity contribution in [1.82, 2.24) is 10.2 Å². The van der Waals surface area contributed by atoms with Gasteiger partial charge >= 0.3 is 0 Å². The van der Waals surface area contributed by atoms with Gasteiger partial charge in [-0.05, 0) is 24.1 Å². The van der Waals surface area contributed by atoms with Crippen molar-refractivity contribution in [3.8, 4) is 5.75 Å². The Morgan fingerprint density at radius 2 is 2.05 bits per heavy atom. The third-order valence-corrected chi connectivity index (χ3v) is 3.85. The molecule has 0 bridgehead atoms. The second kappa shape index (κ2) is 10.3. The lowest BCUT2D eigenvalue weighted by Crippen LogP contribution is -2.45. The first-order valence-electron chi connectivity index (χ1n) is 6.65. The van der Waals surface area contributed by atoms with Gasteiger partial charge in [-0.25, -0.2) is 0 Å². The highest BCUT2D eigenvalue weighted by atomic mass is 35.5. The number of nitrogens with one attached hydrogen (secondary N) is 1. The Morgan fingerprint density at radius 1 is 1.38 bits per heavy atom. The summed E-state index contributed by atoms with van der Waals surface area (Å²) in [5.41, 5.74) is 1.24. The Hall–Kier alpha value is -0.450. The Balaban J connectivity index is 0.00000200. The predicted molar refractivity (Wildman–Crippen MR) is 94.5 cm³/mol. The molecule has 1 atom stereocenters. The van der Waals surface area contributed by atoms with Gasteiger partial charge in [0.1, 0.15) is 5.75 Å². The van der Waals surface area contributed by atoms with Crippen LogP contribution in [-0.2, 0) is 0 Å². The van der Waals surface area contributed by atoms with Crippen LogP contribution in [-0.4, -0.2) is 38.2 Å². The smallest absolute Gasteiger partial charge is 0.137 e. The molecule has 0 radical (unpaired) electrons. The van der Waals surface area contributed by atoms with E-state index in [4.69, 9.17) is 16.3 Å². The summed E-state index contributed by atoms with van der Waals surface area (Å²) in [5, 5.41) is 4.04. The van der Waals surface area contributed by atoms with Crippen LogP contribution in [0.5, 0.6) is 5.75 Å². The highest BCUT2D eigenvalue weighted by Crippen LogP contribution is 2.32. The van der Waals surface area contributed by atoms with Gasteiger partial charge in [0.15, 0.2) is 0 Å². The molecule has 21 heavy (non-hydrogen) atoms. The van der Waals surface area contributed by atoms with Crippen LogP contribution in [0, 0.1) is 0 Å². The van der Waals surface area contributed by atoms with Crippen molar-refractivity contribution in [1.29, 1.82) is 0 Å². The first-order valence-corrected chi connectivity index (χ1v) is 7.03. The molecule has 3 nitrogen and oxygen atoms in total. The minimum atomic E-state index is 0. The number of hydrogen-bond acceptors (Lipinski definition) is 3. The molecule has 0 amide bonds. The molecule has 1 aromatic carbocycles. The fourth-order valence-electron chi connectivity index (χ4n) is 2.53. The summed E-state index contributed by atoms with van der Waals surface area (Å²) in [7, 11) is 1.65. The molecule has 1 saturated heterocycles. The van der Waals surface area contributed by atoms with Crippen LogP contribution in [0.1, 0.15) is 18.0 Å². The molecule has 2 rings (SSSR count). The molecular formula is C15H23Cl3N2O. The van der Waals surface area contributed by atoms with Crippen LogP contribution in [0.25, 0.3) is 0 Å². The quantitative estimate of drug-likeness (QED) is 0.817. The van der Waals surface area contributed by atoms with E-state index in [1.807, 2.05) is 18.2 Å². The third-order valence-electron chi connectivity index (χ3n) is 3.54. The molecule has 0 spiro atoms. The second-order valence-electron chi connectivity index (χ2n) is 4.72. The van der Waals surface area contributed by atoms with Gasteiger partial charge in [0.2, 0.25) is 0 Å². The zero-order valence-electron chi connectivity index (χ0n) is 12.2. The molecule has 6 heteroatoms. The summed E-state index contributed by atoms with van der Waals surface area (Å²) in [5.74, 6) is 0.739. The van der Waals surface area contributed by atoms with Crippen LogP contribution in [0.3, 0.4) is 0 Å². The monoisotopic (exact) mass is 352 g/mol. The first-order chi connectivity index (χ1) is 9.26. The molecule has 0 aliphatic carbocycles. The van der Waals surface area contributed by atoms with Gasteiger partial charge in [-0.2, -0.15) is 0 Å². The van der Waals surface area contributed by atoms with Gasteiger partial charge < -0.3 is 10.1 Å². The van der Waals surface area contributed by atoms with Crippen LogP contribution in [0.4, 0.5) is 0 Å². The lowest BCUT2D eigenvalue weighted by atomic mass is 10.0. The van der Waals surface area contributed by atoms with E-state index in [0.29, 0.717) is 11.1 Å². The van der Waals surface area contributed by atoms with E-state index < -0.39 is 0 Å². The van der Waals surface area contributed by atoms with E-state index in [9.17, 15) is 0 Å². The summed E-state index contributed by atoms with van der Waals surface area (Å²) in [6.45, 7) is 8.08. The lowest BCUT2D eigenvalue weighted by molar-refractivity contribution is 0.174. The molecule has 1 aliphatic heterocycles. The molecule has 1 fully saturated rings. The predicted octanol–water partition coefficient (Wildman–Crippen LogP) is 3.71. The fourth-order valence-corrected chi connectivity index (χ4v) is 2.73. The van der Waals surface area contributed by atoms with Gasteiger partial charge in [0.25, 0.3) is 0 Å². The average molecular weight is 354 g/mol. The maximum absolute atomic E-state index is 6.10. The Bertz CT molecular complexity index is 437. The Morgan fingerprint density at radius 3 is 2.62 bits per heavy atom. The molecule has 1 N–H and O–H groups in total. The second-order valence-corrected chi connectivity index (χ2v) is 5.13.